The second-order valence-corrected chi connectivity index (χ2v) is 7.61. The fraction of sp³-hybridized carbons (Fsp3) is 0.238. The van der Waals surface area contributed by atoms with Crippen molar-refractivity contribution in [2.24, 2.45) is 0 Å². The fourth-order valence-electron chi connectivity index (χ4n) is 3.55. The largest absolute Gasteiger partial charge is 0.371 e. The predicted octanol–water partition coefficient (Wildman–Crippen LogP) is 4.94. The van der Waals surface area contributed by atoms with Crippen molar-refractivity contribution in [1.29, 1.82) is 0 Å². The van der Waals surface area contributed by atoms with Gasteiger partial charge in [0.25, 0.3) is 5.91 Å². The minimum atomic E-state index is -0.0695. The zero-order valence-electron chi connectivity index (χ0n) is 14.7. The van der Waals surface area contributed by atoms with Crippen LogP contribution in [0.15, 0.2) is 54.7 Å². The number of halogens is 2. The second kappa shape index (κ2) is 7.75. The normalized spacial score (nSPS) is 15.1. The number of carbonyl (C=O) groups excluding carboxylic acids is 1. The summed E-state index contributed by atoms with van der Waals surface area (Å²) < 4.78 is 0. The van der Waals surface area contributed by atoms with Crippen molar-refractivity contribution in [2.45, 2.75) is 18.9 Å². The SMILES string of the molecule is O=C(NC1CCN(c2ccnc3cc(Cl)ccc23)CC1)c1cccc(Cl)c1. The molecule has 1 saturated heterocycles. The maximum Gasteiger partial charge on any atom is 0.251 e. The van der Waals surface area contributed by atoms with E-state index in [-0.39, 0.29) is 11.9 Å². The lowest BCUT2D eigenvalue weighted by Crippen LogP contribution is -2.44. The Bertz CT molecular complexity index is 984. The van der Waals surface area contributed by atoms with Crippen molar-refractivity contribution in [1.82, 2.24) is 10.3 Å². The van der Waals surface area contributed by atoms with Crippen LogP contribution in [0.3, 0.4) is 0 Å². The summed E-state index contributed by atoms with van der Waals surface area (Å²) in [6, 6.07) is 15.0. The molecule has 0 spiro atoms. The minimum absolute atomic E-state index is 0.0695. The number of aromatic nitrogens is 1. The van der Waals surface area contributed by atoms with E-state index >= 15 is 0 Å². The number of nitrogens with one attached hydrogen (secondary N) is 1. The Morgan fingerprint density at radius 3 is 2.59 bits per heavy atom. The molecule has 0 radical (unpaired) electrons. The van der Waals surface area contributed by atoms with Gasteiger partial charge >= 0.3 is 0 Å². The first-order chi connectivity index (χ1) is 13.1. The van der Waals surface area contributed by atoms with Crippen LogP contribution in [0.2, 0.25) is 10.0 Å². The number of anilines is 1. The summed E-state index contributed by atoms with van der Waals surface area (Å²) in [4.78, 5) is 19.2. The van der Waals surface area contributed by atoms with E-state index in [1.807, 2.05) is 30.5 Å². The number of amides is 1. The van der Waals surface area contributed by atoms with Crippen molar-refractivity contribution in [3.63, 3.8) is 0 Å². The summed E-state index contributed by atoms with van der Waals surface area (Å²) in [6.45, 7) is 1.75. The number of fused-ring (bicyclic) bond motifs is 1. The van der Waals surface area contributed by atoms with E-state index < -0.39 is 0 Å². The van der Waals surface area contributed by atoms with Crippen molar-refractivity contribution < 1.29 is 4.79 Å². The molecule has 3 aromatic rings. The van der Waals surface area contributed by atoms with Crippen LogP contribution < -0.4 is 10.2 Å². The van der Waals surface area contributed by atoms with Crippen LogP contribution in [-0.2, 0) is 0 Å². The Balaban J connectivity index is 1.43. The van der Waals surface area contributed by atoms with Gasteiger partial charge in [-0.05, 0) is 55.3 Å². The molecule has 0 atom stereocenters. The molecule has 1 aliphatic heterocycles. The number of hydrogen-bond acceptors (Lipinski definition) is 3. The van der Waals surface area contributed by atoms with Crippen LogP contribution in [0, 0.1) is 0 Å². The number of benzene rings is 2. The van der Waals surface area contributed by atoms with E-state index in [4.69, 9.17) is 23.2 Å². The smallest absolute Gasteiger partial charge is 0.251 e. The van der Waals surface area contributed by atoms with Gasteiger partial charge in [0.2, 0.25) is 0 Å². The predicted molar refractivity (Wildman–Crippen MR) is 111 cm³/mol. The first-order valence-electron chi connectivity index (χ1n) is 8.96. The lowest BCUT2D eigenvalue weighted by atomic mass is 10.0. The minimum Gasteiger partial charge on any atom is -0.371 e. The molecule has 6 heteroatoms. The highest BCUT2D eigenvalue weighted by molar-refractivity contribution is 6.31. The van der Waals surface area contributed by atoms with E-state index in [2.05, 4.69) is 15.2 Å². The Morgan fingerprint density at radius 2 is 1.81 bits per heavy atom. The van der Waals surface area contributed by atoms with Gasteiger partial charge in [0.15, 0.2) is 0 Å². The second-order valence-electron chi connectivity index (χ2n) is 6.74. The summed E-state index contributed by atoms with van der Waals surface area (Å²) in [5.74, 6) is -0.0695. The number of pyridine rings is 1. The molecule has 0 unspecified atom stereocenters. The molecule has 4 nitrogen and oxygen atoms in total. The number of carbonyl (C=O) groups is 1. The number of hydrogen-bond donors (Lipinski definition) is 1. The molecule has 2 aromatic carbocycles. The molecule has 1 aliphatic rings. The lowest BCUT2D eigenvalue weighted by molar-refractivity contribution is 0.0931. The van der Waals surface area contributed by atoms with Crippen LogP contribution in [0.5, 0.6) is 0 Å². The van der Waals surface area contributed by atoms with E-state index in [1.54, 1.807) is 24.3 Å². The lowest BCUT2D eigenvalue weighted by Gasteiger charge is -2.34. The molecule has 1 aromatic heterocycles. The van der Waals surface area contributed by atoms with Gasteiger partial charge < -0.3 is 10.2 Å². The first-order valence-corrected chi connectivity index (χ1v) is 9.71. The van der Waals surface area contributed by atoms with Crippen molar-refractivity contribution in [3.8, 4) is 0 Å². The van der Waals surface area contributed by atoms with Gasteiger partial charge in [-0.2, -0.15) is 0 Å². The topological polar surface area (TPSA) is 45.2 Å². The molecule has 0 bridgehead atoms. The first kappa shape index (κ1) is 18.1. The Labute approximate surface area is 168 Å². The van der Waals surface area contributed by atoms with Gasteiger partial charge in [0.05, 0.1) is 5.52 Å². The molecule has 1 amide bonds. The molecule has 4 rings (SSSR count). The number of rotatable bonds is 3. The quantitative estimate of drug-likeness (QED) is 0.678. The highest BCUT2D eigenvalue weighted by Gasteiger charge is 2.22. The average Bonchev–Trinajstić information content (AvgIpc) is 2.68. The van der Waals surface area contributed by atoms with Gasteiger partial charge in [-0.3, -0.25) is 9.78 Å². The zero-order valence-corrected chi connectivity index (χ0v) is 16.2. The monoisotopic (exact) mass is 399 g/mol. The maximum atomic E-state index is 12.4. The van der Waals surface area contributed by atoms with E-state index in [9.17, 15) is 4.79 Å². The fourth-order valence-corrected chi connectivity index (χ4v) is 3.90. The van der Waals surface area contributed by atoms with Crippen molar-refractivity contribution in [3.05, 3.63) is 70.3 Å². The zero-order chi connectivity index (χ0) is 18.8. The summed E-state index contributed by atoms with van der Waals surface area (Å²) in [5, 5.41) is 5.49. The van der Waals surface area contributed by atoms with Gasteiger partial charge in [-0.25, -0.2) is 0 Å². The molecule has 2 heterocycles. The third kappa shape index (κ3) is 4.02. The number of nitrogens with zero attached hydrogens (tertiary/aromatic N) is 2. The van der Waals surface area contributed by atoms with Gasteiger partial charge in [-0.15, -0.1) is 0 Å². The van der Waals surface area contributed by atoms with Crippen LogP contribution in [0.25, 0.3) is 10.9 Å². The van der Waals surface area contributed by atoms with Crippen LogP contribution in [0.4, 0.5) is 5.69 Å². The van der Waals surface area contributed by atoms with Gasteiger partial charge in [0.1, 0.15) is 0 Å². The molecule has 1 fully saturated rings. The Hall–Kier alpha value is -2.30. The summed E-state index contributed by atoms with van der Waals surface area (Å²) in [7, 11) is 0. The molecule has 1 N–H and O–H groups in total. The Kier molecular flexibility index (Phi) is 5.19. The van der Waals surface area contributed by atoms with E-state index in [0.29, 0.717) is 15.6 Å². The van der Waals surface area contributed by atoms with Crippen molar-refractivity contribution in [2.75, 3.05) is 18.0 Å². The molecule has 0 saturated carbocycles. The summed E-state index contributed by atoms with van der Waals surface area (Å²) in [6.07, 6.45) is 3.61. The molecular weight excluding hydrogens is 381 g/mol. The third-order valence-electron chi connectivity index (χ3n) is 4.94. The average molecular weight is 400 g/mol. The molecule has 0 aliphatic carbocycles. The molecule has 27 heavy (non-hydrogen) atoms. The Morgan fingerprint density at radius 1 is 1.04 bits per heavy atom. The van der Waals surface area contributed by atoms with E-state index in [1.165, 1.54) is 0 Å². The van der Waals surface area contributed by atoms with Gasteiger partial charge in [0, 0.05) is 52.0 Å². The molecular formula is C21H19Cl2N3O. The molecule has 138 valence electrons. The highest BCUT2D eigenvalue weighted by atomic mass is 35.5. The standard InChI is InChI=1S/C21H19Cl2N3O/c22-15-3-1-2-14(12-15)21(27)25-17-7-10-26(11-8-17)20-6-9-24-19-13-16(23)4-5-18(19)20/h1-6,9,12-13,17H,7-8,10-11H2,(H,25,27). The number of piperidine rings is 1. The highest BCUT2D eigenvalue weighted by Crippen LogP contribution is 2.29. The summed E-state index contributed by atoms with van der Waals surface area (Å²) in [5.41, 5.74) is 2.66. The summed E-state index contributed by atoms with van der Waals surface area (Å²) >= 11 is 12.1. The maximum absolute atomic E-state index is 12.4. The van der Waals surface area contributed by atoms with E-state index in [0.717, 1.165) is 42.5 Å². The van der Waals surface area contributed by atoms with Crippen LogP contribution >= 0.6 is 23.2 Å². The van der Waals surface area contributed by atoms with Crippen LogP contribution in [0.1, 0.15) is 23.2 Å². The van der Waals surface area contributed by atoms with Gasteiger partial charge in [-0.1, -0.05) is 29.3 Å². The van der Waals surface area contributed by atoms with Crippen molar-refractivity contribution >= 4 is 45.7 Å². The van der Waals surface area contributed by atoms with Crippen LogP contribution in [-0.4, -0.2) is 30.0 Å². The third-order valence-corrected chi connectivity index (χ3v) is 5.41.